The summed E-state index contributed by atoms with van der Waals surface area (Å²) in [5.41, 5.74) is 0. The number of piperidine rings is 1. The summed E-state index contributed by atoms with van der Waals surface area (Å²) in [6, 6.07) is 0. The van der Waals surface area contributed by atoms with Crippen molar-refractivity contribution in [2.45, 2.75) is 25.9 Å². The van der Waals surface area contributed by atoms with Crippen molar-refractivity contribution in [1.82, 2.24) is 4.90 Å². The van der Waals surface area contributed by atoms with Gasteiger partial charge in [0.05, 0.1) is 0 Å². The molecule has 1 aliphatic rings. The quantitative estimate of drug-likeness (QED) is 0.514. The van der Waals surface area contributed by atoms with Gasteiger partial charge in [0, 0.05) is 6.54 Å². The molecule has 1 aliphatic heterocycles. The van der Waals surface area contributed by atoms with E-state index in [1.807, 2.05) is 0 Å². The summed E-state index contributed by atoms with van der Waals surface area (Å²) >= 11 is 0. The van der Waals surface area contributed by atoms with Gasteiger partial charge in [0.25, 0.3) is 0 Å². The third-order valence-corrected chi connectivity index (χ3v) is 1.91. The third kappa shape index (κ3) is 1.95. The van der Waals surface area contributed by atoms with E-state index in [4.69, 9.17) is 0 Å². The van der Waals surface area contributed by atoms with E-state index in [9.17, 15) is 5.11 Å². The number of hydrogen-bond acceptors (Lipinski definition) is 1. The van der Waals surface area contributed by atoms with Crippen LogP contribution in [0.3, 0.4) is 0 Å². The molecule has 1 rings (SSSR count). The average Bonchev–Trinajstić information content (AvgIpc) is 1.88. The van der Waals surface area contributed by atoms with Crippen molar-refractivity contribution in [2.75, 3.05) is 19.6 Å². The Hall–Kier alpha value is -0.0800. The second-order valence-electron chi connectivity index (χ2n) is 2.66. The summed E-state index contributed by atoms with van der Waals surface area (Å²) in [5, 5.41) is 10.9. The van der Waals surface area contributed by atoms with Crippen molar-refractivity contribution in [2.24, 2.45) is 0 Å². The van der Waals surface area contributed by atoms with Gasteiger partial charge in [0.1, 0.15) is 6.10 Å². The fourth-order valence-corrected chi connectivity index (χ4v) is 1.30. The van der Waals surface area contributed by atoms with E-state index in [2.05, 4.69) is 11.8 Å². The molecule has 1 fully saturated rings. The largest absolute Gasteiger partial charge is 0.301 e. The van der Waals surface area contributed by atoms with Gasteiger partial charge in [-0.2, -0.15) is 0 Å². The highest BCUT2D eigenvalue weighted by atomic mass is 16.3. The van der Waals surface area contributed by atoms with Crippen LogP contribution in [-0.2, 0) is 5.11 Å². The van der Waals surface area contributed by atoms with Gasteiger partial charge in [-0.15, -0.1) is 0 Å². The molecule has 0 N–H and O–H groups in total. The predicted molar refractivity (Wildman–Crippen MR) is 35.8 cm³/mol. The molecule has 9 heavy (non-hydrogen) atoms. The number of likely N-dealkylation sites (tertiary alicyclic amines) is 1. The van der Waals surface area contributed by atoms with Crippen molar-refractivity contribution in [3.8, 4) is 0 Å². The summed E-state index contributed by atoms with van der Waals surface area (Å²) < 4.78 is 0. The lowest BCUT2D eigenvalue weighted by Gasteiger charge is -2.27. The zero-order valence-corrected chi connectivity index (χ0v) is 5.97. The summed E-state index contributed by atoms with van der Waals surface area (Å²) in [5.74, 6) is 0. The maximum Gasteiger partial charge on any atom is 0.106 e. The molecular formula is C7H14NO. The standard InChI is InChI=1S/C7H14NO/c1-2-8-5-3-4-7(9)6-8/h7H,2-6H2,1H3. The minimum absolute atomic E-state index is 0.307. The van der Waals surface area contributed by atoms with E-state index in [0.717, 1.165) is 32.5 Å². The molecular weight excluding hydrogens is 114 g/mol. The topological polar surface area (TPSA) is 23.1 Å². The van der Waals surface area contributed by atoms with Crippen LogP contribution in [0.25, 0.3) is 0 Å². The molecule has 1 unspecified atom stereocenters. The molecule has 1 saturated heterocycles. The Bertz CT molecular complexity index is 85.0. The SMILES string of the molecule is CCN1CCCC([O])C1. The van der Waals surface area contributed by atoms with Crippen LogP contribution in [-0.4, -0.2) is 30.6 Å². The number of likely N-dealkylation sites (N-methyl/N-ethyl adjacent to an activating group) is 1. The number of nitrogens with zero attached hydrogens (tertiary/aromatic N) is 1. The van der Waals surface area contributed by atoms with Gasteiger partial charge in [-0.1, -0.05) is 6.92 Å². The highest BCUT2D eigenvalue weighted by molar-refractivity contribution is 4.69. The van der Waals surface area contributed by atoms with Crippen LogP contribution in [0.15, 0.2) is 0 Å². The van der Waals surface area contributed by atoms with Crippen molar-refractivity contribution in [1.29, 1.82) is 0 Å². The molecule has 0 saturated carbocycles. The maximum absolute atomic E-state index is 10.9. The van der Waals surface area contributed by atoms with Crippen molar-refractivity contribution < 1.29 is 5.11 Å². The van der Waals surface area contributed by atoms with Gasteiger partial charge >= 0.3 is 0 Å². The Kier molecular flexibility index (Phi) is 2.49. The molecule has 0 aliphatic carbocycles. The number of hydrogen-bond donors (Lipinski definition) is 0. The average molecular weight is 128 g/mol. The molecule has 1 heterocycles. The first-order valence-electron chi connectivity index (χ1n) is 3.71. The highest BCUT2D eigenvalue weighted by Gasteiger charge is 2.16. The Morgan fingerprint density at radius 2 is 2.44 bits per heavy atom. The zero-order valence-electron chi connectivity index (χ0n) is 5.97. The van der Waals surface area contributed by atoms with Gasteiger partial charge in [-0.05, 0) is 25.9 Å². The molecule has 0 spiro atoms. The Labute approximate surface area is 56.5 Å². The van der Waals surface area contributed by atoms with Crippen molar-refractivity contribution in [3.63, 3.8) is 0 Å². The van der Waals surface area contributed by atoms with E-state index in [1.165, 1.54) is 0 Å². The molecule has 2 nitrogen and oxygen atoms in total. The molecule has 1 atom stereocenters. The lowest BCUT2D eigenvalue weighted by molar-refractivity contribution is 0.0200. The van der Waals surface area contributed by atoms with E-state index < -0.39 is 0 Å². The summed E-state index contributed by atoms with van der Waals surface area (Å²) in [7, 11) is 0. The summed E-state index contributed by atoms with van der Waals surface area (Å²) in [6.45, 7) is 5.06. The smallest absolute Gasteiger partial charge is 0.106 e. The fourth-order valence-electron chi connectivity index (χ4n) is 1.30. The van der Waals surface area contributed by atoms with E-state index >= 15 is 0 Å². The van der Waals surface area contributed by atoms with E-state index in [1.54, 1.807) is 0 Å². The Morgan fingerprint density at radius 3 is 2.89 bits per heavy atom. The van der Waals surface area contributed by atoms with Gasteiger partial charge in [0.2, 0.25) is 0 Å². The van der Waals surface area contributed by atoms with Crippen LogP contribution >= 0.6 is 0 Å². The molecule has 0 bridgehead atoms. The third-order valence-electron chi connectivity index (χ3n) is 1.91. The fraction of sp³-hybridized carbons (Fsp3) is 1.00. The van der Waals surface area contributed by atoms with Gasteiger partial charge < -0.3 is 4.90 Å². The lowest BCUT2D eigenvalue weighted by atomic mass is 10.1. The van der Waals surface area contributed by atoms with Crippen LogP contribution in [0, 0.1) is 0 Å². The molecule has 0 amide bonds. The van der Waals surface area contributed by atoms with Crippen LogP contribution in [0.4, 0.5) is 0 Å². The first-order valence-corrected chi connectivity index (χ1v) is 3.71. The monoisotopic (exact) mass is 128 g/mol. The minimum atomic E-state index is -0.307. The summed E-state index contributed by atoms with van der Waals surface area (Å²) in [4.78, 5) is 2.22. The van der Waals surface area contributed by atoms with Crippen LogP contribution in [0.5, 0.6) is 0 Å². The zero-order chi connectivity index (χ0) is 6.69. The van der Waals surface area contributed by atoms with E-state index in [-0.39, 0.29) is 6.10 Å². The van der Waals surface area contributed by atoms with Crippen molar-refractivity contribution in [3.05, 3.63) is 0 Å². The second kappa shape index (κ2) is 3.18. The summed E-state index contributed by atoms with van der Waals surface area (Å²) in [6.07, 6.45) is 1.68. The van der Waals surface area contributed by atoms with Gasteiger partial charge in [-0.3, -0.25) is 0 Å². The molecule has 0 aromatic rings. The lowest BCUT2D eigenvalue weighted by Crippen LogP contribution is -2.37. The molecule has 2 heteroatoms. The Balaban J connectivity index is 2.23. The van der Waals surface area contributed by atoms with Crippen LogP contribution in [0.2, 0.25) is 0 Å². The van der Waals surface area contributed by atoms with Gasteiger partial charge in [0.15, 0.2) is 0 Å². The first-order chi connectivity index (χ1) is 4.33. The first kappa shape index (κ1) is 7.03. The van der Waals surface area contributed by atoms with Crippen molar-refractivity contribution >= 4 is 0 Å². The molecule has 53 valence electrons. The molecule has 1 radical (unpaired) electrons. The van der Waals surface area contributed by atoms with Crippen LogP contribution < -0.4 is 0 Å². The Morgan fingerprint density at radius 1 is 1.67 bits per heavy atom. The predicted octanol–water partition coefficient (Wildman–Crippen LogP) is 0.901. The maximum atomic E-state index is 10.9. The van der Waals surface area contributed by atoms with Gasteiger partial charge in [-0.25, -0.2) is 5.11 Å². The van der Waals surface area contributed by atoms with E-state index in [0.29, 0.717) is 0 Å². The minimum Gasteiger partial charge on any atom is -0.301 e. The molecule has 0 aromatic heterocycles. The second-order valence-corrected chi connectivity index (χ2v) is 2.66. The highest BCUT2D eigenvalue weighted by Crippen LogP contribution is 2.08. The number of rotatable bonds is 1. The molecule has 0 aromatic carbocycles. The normalized spacial score (nSPS) is 30.7. The van der Waals surface area contributed by atoms with Crippen LogP contribution in [0.1, 0.15) is 19.8 Å².